The number of hydrogen-bond donors (Lipinski definition) is 1. The summed E-state index contributed by atoms with van der Waals surface area (Å²) in [6, 6.07) is 0. The highest BCUT2D eigenvalue weighted by Crippen LogP contribution is 2.35. The van der Waals surface area contributed by atoms with Gasteiger partial charge in [0.05, 0.1) is 0 Å². The van der Waals surface area contributed by atoms with Gasteiger partial charge in [0.25, 0.3) is 11.5 Å². The van der Waals surface area contributed by atoms with E-state index in [1.165, 1.54) is 23.4 Å². The molecule has 0 aromatic carbocycles. The Bertz CT molecular complexity index is 728. The highest BCUT2D eigenvalue weighted by atomic mass is 16.2. The van der Waals surface area contributed by atoms with E-state index >= 15 is 0 Å². The number of H-pyrrole nitrogens is 1. The van der Waals surface area contributed by atoms with E-state index in [1.807, 2.05) is 0 Å². The monoisotopic (exact) mass is 289 g/mol. The maximum Gasteiger partial charge on any atom is 0.328 e. The van der Waals surface area contributed by atoms with Crippen LogP contribution in [-0.4, -0.2) is 33.4 Å². The predicted octanol–water partition coefficient (Wildman–Crippen LogP) is 0.502. The molecule has 6 nitrogen and oxygen atoms in total. The fourth-order valence-corrected chi connectivity index (χ4v) is 3.34. The van der Waals surface area contributed by atoms with Gasteiger partial charge in [-0.3, -0.25) is 14.6 Å². The summed E-state index contributed by atoms with van der Waals surface area (Å²) in [6.45, 7) is 3.50. The van der Waals surface area contributed by atoms with Gasteiger partial charge in [-0.1, -0.05) is 11.6 Å². The predicted molar refractivity (Wildman–Crippen MR) is 78.2 cm³/mol. The van der Waals surface area contributed by atoms with Crippen LogP contribution in [0.5, 0.6) is 0 Å². The zero-order valence-electron chi connectivity index (χ0n) is 12.3. The summed E-state index contributed by atoms with van der Waals surface area (Å²) < 4.78 is 1.23. The fourth-order valence-electron chi connectivity index (χ4n) is 3.34. The molecule has 6 heteroatoms. The van der Waals surface area contributed by atoms with E-state index in [0.717, 1.165) is 12.8 Å². The molecule has 0 unspecified atom stereocenters. The van der Waals surface area contributed by atoms with E-state index in [9.17, 15) is 14.4 Å². The molecule has 112 valence electrons. The summed E-state index contributed by atoms with van der Waals surface area (Å²) in [7, 11) is 1.52. The highest BCUT2D eigenvalue weighted by molar-refractivity contribution is 5.93. The number of fused-ring (bicyclic) bond motifs is 1. The lowest BCUT2D eigenvalue weighted by Crippen LogP contribution is -2.38. The molecule has 1 aliphatic heterocycles. The number of amides is 1. The van der Waals surface area contributed by atoms with Crippen LogP contribution in [0.25, 0.3) is 0 Å². The molecule has 1 aliphatic carbocycles. The molecule has 2 atom stereocenters. The largest absolute Gasteiger partial charge is 0.338 e. The second-order valence-corrected chi connectivity index (χ2v) is 6.13. The van der Waals surface area contributed by atoms with Crippen LogP contribution in [0.4, 0.5) is 0 Å². The van der Waals surface area contributed by atoms with Crippen LogP contribution < -0.4 is 11.2 Å². The molecule has 0 saturated carbocycles. The summed E-state index contributed by atoms with van der Waals surface area (Å²) in [5.74, 6) is 0.703. The molecule has 0 spiro atoms. The van der Waals surface area contributed by atoms with Crippen LogP contribution in [0.15, 0.2) is 27.4 Å². The third-order valence-corrected chi connectivity index (χ3v) is 4.56. The van der Waals surface area contributed by atoms with E-state index in [4.69, 9.17) is 0 Å². The van der Waals surface area contributed by atoms with Crippen molar-refractivity contribution >= 4 is 5.91 Å². The average molecular weight is 289 g/mol. The van der Waals surface area contributed by atoms with E-state index in [0.29, 0.717) is 24.9 Å². The van der Waals surface area contributed by atoms with E-state index in [-0.39, 0.29) is 11.5 Å². The van der Waals surface area contributed by atoms with Gasteiger partial charge in [-0.2, -0.15) is 0 Å². The molecule has 1 aromatic heterocycles. The summed E-state index contributed by atoms with van der Waals surface area (Å²) in [6.07, 6.45) is 5.60. The first-order valence-electron chi connectivity index (χ1n) is 7.20. The Hall–Kier alpha value is -2.11. The number of aromatic amines is 1. The molecule has 0 radical (unpaired) electrons. The van der Waals surface area contributed by atoms with Crippen molar-refractivity contribution in [3.8, 4) is 0 Å². The van der Waals surface area contributed by atoms with Crippen LogP contribution in [0.2, 0.25) is 0 Å². The van der Waals surface area contributed by atoms with Crippen molar-refractivity contribution in [1.29, 1.82) is 0 Å². The van der Waals surface area contributed by atoms with Gasteiger partial charge in [0.1, 0.15) is 5.56 Å². The molecule has 1 N–H and O–H groups in total. The number of carbonyl (C=O) groups is 1. The Morgan fingerprint density at radius 2 is 2.00 bits per heavy atom. The minimum absolute atomic E-state index is 0.0421. The van der Waals surface area contributed by atoms with Gasteiger partial charge in [0.2, 0.25) is 0 Å². The Morgan fingerprint density at radius 1 is 1.29 bits per heavy atom. The van der Waals surface area contributed by atoms with Gasteiger partial charge in [-0.15, -0.1) is 0 Å². The minimum Gasteiger partial charge on any atom is -0.338 e. The quantitative estimate of drug-likeness (QED) is 0.765. The maximum absolute atomic E-state index is 12.5. The molecular formula is C15H19N3O3. The molecule has 1 saturated heterocycles. The lowest BCUT2D eigenvalue weighted by molar-refractivity contribution is 0.0781. The first-order valence-corrected chi connectivity index (χ1v) is 7.20. The third kappa shape index (κ3) is 2.46. The third-order valence-electron chi connectivity index (χ3n) is 4.56. The topological polar surface area (TPSA) is 75.2 Å². The smallest absolute Gasteiger partial charge is 0.328 e. The molecule has 3 rings (SSSR count). The van der Waals surface area contributed by atoms with Gasteiger partial charge in [0, 0.05) is 26.3 Å². The lowest BCUT2D eigenvalue weighted by atomic mass is 9.83. The van der Waals surface area contributed by atoms with Gasteiger partial charge < -0.3 is 9.47 Å². The van der Waals surface area contributed by atoms with Crippen molar-refractivity contribution in [2.75, 3.05) is 13.1 Å². The summed E-state index contributed by atoms with van der Waals surface area (Å²) >= 11 is 0. The van der Waals surface area contributed by atoms with Crippen LogP contribution in [0.1, 0.15) is 30.1 Å². The van der Waals surface area contributed by atoms with Crippen LogP contribution in [0.3, 0.4) is 0 Å². The standard InChI is InChI=1S/C15H19N3O3/c1-9-3-4-10-6-18(7-11(10)5-9)14(20)12-8-17(2)15(21)16-13(12)19/h3,8,10-11H,4-7H2,1-2H3,(H,16,19,21)/t10-,11+/m1/s1. The Balaban J connectivity index is 1.83. The van der Waals surface area contributed by atoms with E-state index in [2.05, 4.69) is 18.0 Å². The second kappa shape index (κ2) is 5.02. The molecule has 21 heavy (non-hydrogen) atoms. The van der Waals surface area contributed by atoms with Crippen molar-refractivity contribution in [1.82, 2.24) is 14.5 Å². The fraction of sp³-hybridized carbons (Fsp3) is 0.533. The number of aryl methyl sites for hydroxylation is 1. The van der Waals surface area contributed by atoms with Crippen molar-refractivity contribution in [3.63, 3.8) is 0 Å². The van der Waals surface area contributed by atoms with Gasteiger partial charge in [-0.05, 0) is 31.6 Å². The second-order valence-electron chi connectivity index (χ2n) is 6.13. The van der Waals surface area contributed by atoms with Crippen molar-refractivity contribution in [2.45, 2.75) is 19.8 Å². The van der Waals surface area contributed by atoms with Crippen LogP contribution in [-0.2, 0) is 7.05 Å². The highest BCUT2D eigenvalue weighted by Gasteiger charge is 2.37. The normalized spacial score (nSPS) is 24.7. The summed E-state index contributed by atoms with van der Waals surface area (Å²) in [4.78, 5) is 39.6. The van der Waals surface area contributed by atoms with Crippen molar-refractivity contribution < 1.29 is 4.79 Å². The molecular weight excluding hydrogens is 270 g/mol. The molecule has 2 heterocycles. The van der Waals surface area contributed by atoms with Crippen molar-refractivity contribution in [3.05, 3.63) is 44.2 Å². The zero-order valence-corrected chi connectivity index (χ0v) is 12.3. The Labute approximate surface area is 122 Å². The molecule has 2 aliphatic rings. The first kappa shape index (κ1) is 13.9. The summed E-state index contributed by atoms with van der Waals surface area (Å²) in [5.41, 5.74) is 0.310. The van der Waals surface area contributed by atoms with E-state index < -0.39 is 11.2 Å². The summed E-state index contributed by atoms with van der Waals surface area (Å²) in [5, 5.41) is 0. The van der Waals surface area contributed by atoms with E-state index in [1.54, 1.807) is 4.90 Å². The molecule has 0 bridgehead atoms. The number of aromatic nitrogens is 2. The van der Waals surface area contributed by atoms with Crippen LogP contribution in [0, 0.1) is 11.8 Å². The number of rotatable bonds is 1. The van der Waals surface area contributed by atoms with Gasteiger partial charge in [0.15, 0.2) is 0 Å². The minimum atomic E-state index is -0.604. The van der Waals surface area contributed by atoms with Gasteiger partial charge in [-0.25, -0.2) is 4.79 Å². The Kier molecular flexibility index (Phi) is 3.31. The van der Waals surface area contributed by atoms with Crippen LogP contribution >= 0.6 is 0 Å². The van der Waals surface area contributed by atoms with Crippen molar-refractivity contribution in [2.24, 2.45) is 18.9 Å². The molecule has 1 fully saturated rings. The Morgan fingerprint density at radius 3 is 2.76 bits per heavy atom. The van der Waals surface area contributed by atoms with Gasteiger partial charge >= 0.3 is 5.69 Å². The number of hydrogen-bond acceptors (Lipinski definition) is 3. The molecule has 1 amide bonds. The number of likely N-dealkylation sites (tertiary alicyclic amines) is 1. The lowest BCUT2D eigenvalue weighted by Gasteiger charge is -2.21. The number of nitrogens with zero attached hydrogens (tertiary/aromatic N) is 2. The maximum atomic E-state index is 12.5. The SMILES string of the molecule is CC1=CC[C@@H]2CN(C(=O)c3cn(C)c(=O)[nH]c3=O)C[C@@H]2C1. The zero-order chi connectivity index (χ0) is 15.1. The number of allylic oxidation sites excluding steroid dienone is 2. The molecule has 1 aromatic rings. The number of nitrogens with one attached hydrogen (secondary N) is 1. The first-order chi connectivity index (χ1) is 9.95. The average Bonchev–Trinajstić information content (AvgIpc) is 2.85. The number of carbonyl (C=O) groups excluding carboxylic acids is 1.